The molecule has 2 aliphatic heterocycles. The Labute approximate surface area is 133 Å². The third-order valence-electron chi connectivity index (χ3n) is 4.35. The number of benzene rings is 1. The van der Waals surface area contributed by atoms with E-state index in [2.05, 4.69) is 10.2 Å². The quantitative estimate of drug-likeness (QED) is 0.522. The predicted octanol–water partition coefficient (Wildman–Crippen LogP) is 2.04. The SMILES string of the molecule is O=C(CSc1ccc([N+](=O)[O-])cc1)N1C2CCNCC1CC2. The van der Waals surface area contributed by atoms with Crippen molar-refractivity contribution < 1.29 is 9.72 Å². The molecule has 0 spiro atoms. The predicted molar refractivity (Wildman–Crippen MR) is 85.0 cm³/mol. The summed E-state index contributed by atoms with van der Waals surface area (Å²) in [7, 11) is 0. The van der Waals surface area contributed by atoms with Crippen molar-refractivity contribution in [3.8, 4) is 0 Å². The number of nitro benzene ring substituents is 1. The summed E-state index contributed by atoms with van der Waals surface area (Å²) in [6.45, 7) is 1.88. The Kier molecular flexibility index (Phi) is 4.63. The zero-order valence-electron chi connectivity index (χ0n) is 12.2. The number of hydrogen-bond acceptors (Lipinski definition) is 5. The van der Waals surface area contributed by atoms with Gasteiger partial charge in [0.25, 0.3) is 5.69 Å². The minimum absolute atomic E-state index is 0.0762. The number of nitrogens with zero attached hydrogens (tertiary/aromatic N) is 2. The molecule has 118 valence electrons. The molecule has 7 heteroatoms. The van der Waals surface area contributed by atoms with Crippen LogP contribution in [0.4, 0.5) is 5.69 Å². The second-order valence-electron chi connectivity index (χ2n) is 5.72. The molecule has 2 unspecified atom stereocenters. The van der Waals surface area contributed by atoms with Crippen LogP contribution in [0.5, 0.6) is 0 Å². The zero-order chi connectivity index (χ0) is 15.5. The third kappa shape index (κ3) is 3.25. The summed E-state index contributed by atoms with van der Waals surface area (Å²) in [4.78, 5) is 25.7. The van der Waals surface area contributed by atoms with Gasteiger partial charge in [-0.3, -0.25) is 14.9 Å². The Morgan fingerprint density at radius 3 is 2.73 bits per heavy atom. The van der Waals surface area contributed by atoms with E-state index in [0.717, 1.165) is 37.2 Å². The fraction of sp³-hybridized carbons (Fsp3) is 0.533. The van der Waals surface area contributed by atoms with Crippen LogP contribution in [0.3, 0.4) is 0 Å². The molecule has 1 aromatic carbocycles. The average molecular weight is 321 g/mol. The fourth-order valence-electron chi connectivity index (χ4n) is 3.27. The minimum atomic E-state index is -0.415. The number of carbonyl (C=O) groups is 1. The molecule has 1 amide bonds. The number of nitrogens with one attached hydrogen (secondary N) is 1. The van der Waals surface area contributed by atoms with Crippen molar-refractivity contribution in [2.24, 2.45) is 0 Å². The van der Waals surface area contributed by atoms with Crippen LogP contribution in [-0.2, 0) is 4.79 Å². The molecule has 0 aliphatic carbocycles. The Morgan fingerprint density at radius 2 is 2.00 bits per heavy atom. The zero-order valence-corrected chi connectivity index (χ0v) is 13.1. The average Bonchev–Trinajstić information content (AvgIpc) is 2.78. The van der Waals surface area contributed by atoms with Crippen molar-refractivity contribution in [2.75, 3.05) is 18.8 Å². The molecular formula is C15H19N3O3S. The highest BCUT2D eigenvalue weighted by atomic mass is 32.2. The van der Waals surface area contributed by atoms with Crippen LogP contribution < -0.4 is 5.32 Å². The van der Waals surface area contributed by atoms with Gasteiger partial charge in [0.15, 0.2) is 0 Å². The second-order valence-corrected chi connectivity index (χ2v) is 6.77. The maximum atomic E-state index is 12.5. The Hall–Kier alpha value is -1.60. The van der Waals surface area contributed by atoms with Gasteiger partial charge in [-0.25, -0.2) is 0 Å². The summed E-state index contributed by atoms with van der Waals surface area (Å²) in [5.74, 6) is 0.574. The van der Waals surface area contributed by atoms with Gasteiger partial charge in [0, 0.05) is 35.7 Å². The molecule has 0 aromatic heterocycles. The Bertz CT molecular complexity index is 550. The molecule has 3 rings (SSSR count). The van der Waals surface area contributed by atoms with E-state index in [1.54, 1.807) is 12.1 Å². The van der Waals surface area contributed by atoms with Crippen LogP contribution in [0.25, 0.3) is 0 Å². The summed E-state index contributed by atoms with van der Waals surface area (Å²) < 4.78 is 0. The van der Waals surface area contributed by atoms with Crippen LogP contribution in [-0.4, -0.2) is 46.7 Å². The number of carbonyl (C=O) groups excluding carboxylic acids is 1. The first-order valence-corrected chi connectivity index (χ1v) is 8.53. The lowest BCUT2D eigenvalue weighted by Crippen LogP contribution is -2.43. The number of fused-ring (bicyclic) bond motifs is 2. The van der Waals surface area contributed by atoms with Crippen LogP contribution in [0.1, 0.15) is 19.3 Å². The van der Waals surface area contributed by atoms with E-state index in [4.69, 9.17) is 0 Å². The molecule has 1 aromatic rings. The Morgan fingerprint density at radius 1 is 1.27 bits per heavy atom. The lowest BCUT2D eigenvalue weighted by atomic mass is 10.1. The first-order chi connectivity index (χ1) is 10.6. The van der Waals surface area contributed by atoms with Crippen LogP contribution in [0, 0.1) is 10.1 Å². The molecular weight excluding hydrogens is 302 g/mol. The van der Waals surface area contributed by atoms with E-state index in [1.807, 2.05) is 0 Å². The standard InChI is InChI=1S/C15H19N3O3S/c19-15(17-11-1-2-13(17)9-16-8-7-11)10-22-14-5-3-12(4-6-14)18(20)21/h3-6,11,13,16H,1-2,7-10H2. The van der Waals surface area contributed by atoms with E-state index < -0.39 is 4.92 Å². The summed E-state index contributed by atoms with van der Waals surface area (Å²) in [6, 6.07) is 7.07. The molecule has 2 saturated heterocycles. The van der Waals surface area contributed by atoms with E-state index >= 15 is 0 Å². The number of thioether (sulfide) groups is 1. The maximum absolute atomic E-state index is 12.5. The number of rotatable bonds is 4. The molecule has 2 aliphatic rings. The van der Waals surface area contributed by atoms with Crippen molar-refractivity contribution in [1.82, 2.24) is 10.2 Å². The summed E-state index contributed by atoms with van der Waals surface area (Å²) >= 11 is 1.45. The van der Waals surface area contributed by atoms with Crippen molar-refractivity contribution in [2.45, 2.75) is 36.2 Å². The van der Waals surface area contributed by atoms with Crippen molar-refractivity contribution in [3.63, 3.8) is 0 Å². The minimum Gasteiger partial charge on any atom is -0.335 e. The van der Waals surface area contributed by atoms with Gasteiger partial charge < -0.3 is 10.2 Å². The smallest absolute Gasteiger partial charge is 0.269 e. The van der Waals surface area contributed by atoms with Crippen molar-refractivity contribution >= 4 is 23.4 Å². The van der Waals surface area contributed by atoms with Gasteiger partial charge in [0.1, 0.15) is 0 Å². The van der Waals surface area contributed by atoms with Gasteiger partial charge in [-0.05, 0) is 37.9 Å². The molecule has 2 bridgehead atoms. The molecule has 2 fully saturated rings. The monoisotopic (exact) mass is 321 g/mol. The molecule has 1 N–H and O–H groups in total. The van der Waals surface area contributed by atoms with E-state index in [0.29, 0.717) is 17.8 Å². The normalized spacial score (nSPS) is 24.1. The lowest BCUT2D eigenvalue weighted by Gasteiger charge is -2.27. The molecule has 0 saturated carbocycles. The highest BCUT2D eigenvalue weighted by Crippen LogP contribution is 2.29. The first-order valence-electron chi connectivity index (χ1n) is 7.54. The van der Waals surface area contributed by atoms with Gasteiger partial charge in [-0.1, -0.05) is 0 Å². The van der Waals surface area contributed by atoms with Crippen LogP contribution in [0.15, 0.2) is 29.2 Å². The fourth-order valence-corrected chi connectivity index (χ4v) is 4.04. The number of nitro groups is 1. The van der Waals surface area contributed by atoms with Gasteiger partial charge in [0.2, 0.25) is 5.91 Å². The Balaban J connectivity index is 1.59. The van der Waals surface area contributed by atoms with Crippen molar-refractivity contribution in [1.29, 1.82) is 0 Å². The van der Waals surface area contributed by atoms with E-state index in [9.17, 15) is 14.9 Å². The van der Waals surface area contributed by atoms with E-state index in [1.165, 1.54) is 23.9 Å². The molecule has 2 heterocycles. The second kappa shape index (κ2) is 6.66. The molecule has 2 atom stereocenters. The van der Waals surface area contributed by atoms with Gasteiger partial charge in [0.05, 0.1) is 10.7 Å². The van der Waals surface area contributed by atoms with Crippen molar-refractivity contribution in [3.05, 3.63) is 34.4 Å². The highest BCUT2D eigenvalue weighted by molar-refractivity contribution is 8.00. The number of amides is 1. The van der Waals surface area contributed by atoms with Crippen LogP contribution in [0.2, 0.25) is 0 Å². The summed E-state index contributed by atoms with van der Waals surface area (Å²) in [6.07, 6.45) is 3.23. The lowest BCUT2D eigenvalue weighted by molar-refractivity contribution is -0.384. The largest absolute Gasteiger partial charge is 0.335 e. The van der Waals surface area contributed by atoms with E-state index in [-0.39, 0.29) is 11.6 Å². The maximum Gasteiger partial charge on any atom is 0.269 e. The van der Waals surface area contributed by atoms with Crippen LogP contribution >= 0.6 is 11.8 Å². The summed E-state index contributed by atoms with van der Waals surface area (Å²) in [5.41, 5.74) is 0.0762. The number of non-ortho nitro benzene ring substituents is 1. The first kappa shape index (κ1) is 15.3. The van der Waals surface area contributed by atoms with Gasteiger partial charge >= 0.3 is 0 Å². The molecule has 22 heavy (non-hydrogen) atoms. The molecule has 0 radical (unpaired) electrons. The third-order valence-corrected chi connectivity index (χ3v) is 5.35. The molecule has 6 nitrogen and oxygen atoms in total. The van der Waals surface area contributed by atoms with Gasteiger partial charge in [-0.2, -0.15) is 0 Å². The number of hydrogen-bond donors (Lipinski definition) is 1. The highest BCUT2D eigenvalue weighted by Gasteiger charge is 2.37. The topological polar surface area (TPSA) is 75.5 Å². The van der Waals surface area contributed by atoms with Gasteiger partial charge in [-0.15, -0.1) is 11.8 Å². The summed E-state index contributed by atoms with van der Waals surface area (Å²) in [5, 5.41) is 14.0.